The Kier molecular flexibility index (Phi) is 10.5. The van der Waals surface area contributed by atoms with Gasteiger partial charge in [-0.05, 0) is 37.1 Å². The summed E-state index contributed by atoms with van der Waals surface area (Å²) in [5.74, 6) is 0.337. The van der Waals surface area contributed by atoms with Crippen molar-refractivity contribution in [2.24, 2.45) is 5.92 Å². The third-order valence-electron chi connectivity index (χ3n) is 4.65. The molecule has 0 aliphatic heterocycles. The van der Waals surface area contributed by atoms with Crippen molar-refractivity contribution < 1.29 is 10.2 Å². The van der Waals surface area contributed by atoms with E-state index in [4.69, 9.17) is 23.2 Å². The van der Waals surface area contributed by atoms with E-state index in [1.54, 1.807) is 0 Å². The Morgan fingerprint density at radius 2 is 1.83 bits per heavy atom. The number of fused-ring (bicyclic) bond motifs is 1. The molecule has 2 unspecified atom stereocenters. The minimum atomic E-state index is -0.791. The Balaban J connectivity index is 0.00000210. The fourth-order valence-electron chi connectivity index (χ4n) is 3.03. The maximum Gasteiger partial charge on any atom is 0.135 e. The third kappa shape index (κ3) is 6.64. The molecule has 0 saturated carbocycles. The van der Waals surface area contributed by atoms with E-state index in [1.807, 2.05) is 24.5 Å². The second kappa shape index (κ2) is 11.8. The van der Waals surface area contributed by atoms with Crippen LogP contribution in [0.15, 0.2) is 42.7 Å². The van der Waals surface area contributed by atoms with E-state index in [-0.39, 0.29) is 35.6 Å². The Bertz CT molecular complexity index is 920. The van der Waals surface area contributed by atoms with Gasteiger partial charge in [-0.3, -0.25) is 0 Å². The van der Waals surface area contributed by atoms with E-state index in [1.165, 1.54) is 12.1 Å². The highest BCUT2D eigenvalue weighted by Crippen LogP contribution is 2.33. The molecule has 0 fully saturated rings. The lowest BCUT2D eigenvalue weighted by atomic mass is 10.1. The van der Waals surface area contributed by atoms with Gasteiger partial charge in [0.25, 0.3) is 0 Å². The number of aromatic nitrogens is 2. The summed E-state index contributed by atoms with van der Waals surface area (Å²) in [7, 11) is 0. The van der Waals surface area contributed by atoms with Gasteiger partial charge in [0.15, 0.2) is 0 Å². The summed E-state index contributed by atoms with van der Waals surface area (Å²) in [5, 5.41) is 23.6. The first-order valence-corrected chi connectivity index (χ1v) is 9.68. The quantitative estimate of drug-likeness (QED) is 0.412. The van der Waals surface area contributed by atoms with Crippen LogP contribution in [0.2, 0.25) is 10.0 Å². The summed E-state index contributed by atoms with van der Waals surface area (Å²) in [6.07, 6.45) is 2.08. The van der Waals surface area contributed by atoms with Gasteiger partial charge in [0.05, 0.1) is 33.5 Å². The summed E-state index contributed by atoms with van der Waals surface area (Å²) in [6.45, 7) is 4.19. The van der Waals surface area contributed by atoms with Crippen LogP contribution in [0.5, 0.6) is 5.75 Å². The molecular weight excluding hydrogens is 456 g/mol. The number of nitrogens with zero attached hydrogens (tertiary/aromatic N) is 2. The van der Waals surface area contributed by atoms with E-state index in [9.17, 15) is 10.2 Å². The summed E-state index contributed by atoms with van der Waals surface area (Å²) in [6, 6.07) is 10.9. The van der Waals surface area contributed by atoms with Crippen LogP contribution in [0.1, 0.15) is 25.0 Å². The lowest BCUT2D eigenvalue weighted by Gasteiger charge is -2.17. The molecule has 0 radical (unpaired) electrons. The van der Waals surface area contributed by atoms with Crippen LogP contribution in [-0.2, 0) is 6.54 Å². The molecule has 0 amide bonds. The van der Waals surface area contributed by atoms with Gasteiger partial charge in [-0.15, -0.1) is 24.8 Å². The molecule has 9 heteroatoms. The molecule has 1 aromatic heterocycles. The van der Waals surface area contributed by atoms with Crippen molar-refractivity contribution in [1.82, 2.24) is 14.9 Å². The molecule has 0 saturated heterocycles. The predicted molar refractivity (Wildman–Crippen MR) is 124 cm³/mol. The van der Waals surface area contributed by atoms with Crippen molar-refractivity contribution in [2.75, 3.05) is 13.1 Å². The van der Waals surface area contributed by atoms with Gasteiger partial charge in [-0.25, -0.2) is 4.98 Å². The molecule has 2 aromatic carbocycles. The molecule has 0 aliphatic rings. The lowest BCUT2D eigenvalue weighted by Crippen LogP contribution is -2.27. The summed E-state index contributed by atoms with van der Waals surface area (Å²) in [4.78, 5) is 4.41. The van der Waals surface area contributed by atoms with Crippen molar-refractivity contribution in [2.45, 2.75) is 26.0 Å². The number of nitrogens with one attached hydrogen (secondary N) is 1. The largest absolute Gasteiger partial charge is 0.506 e. The molecule has 5 nitrogen and oxygen atoms in total. The number of benzene rings is 2. The van der Waals surface area contributed by atoms with Gasteiger partial charge in [-0.2, -0.15) is 0 Å². The van der Waals surface area contributed by atoms with Gasteiger partial charge < -0.3 is 20.1 Å². The smallest absolute Gasteiger partial charge is 0.135 e. The maximum absolute atomic E-state index is 10.3. The van der Waals surface area contributed by atoms with Crippen LogP contribution in [0.3, 0.4) is 0 Å². The molecule has 3 N–H and O–H groups in total. The monoisotopic (exact) mass is 479 g/mol. The van der Waals surface area contributed by atoms with Crippen LogP contribution in [0, 0.1) is 5.92 Å². The summed E-state index contributed by atoms with van der Waals surface area (Å²) < 4.78 is 2.17. The molecule has 3 aromatic rings. The van der Waals surface area contributed by atoms with Crippen LogP contribution in [0.4, 0.5) is 0 Å². The highest BCUT2D eigenvalue weighted by atomic mass is 35.5. The minimum absolute atomic E-state index is 0. The topological polar surface area (TPSA) is 70.3 Å². The molecule has 0 bridgehead atoms. The first-order valence-electron chi connectivity index (χ1n) is 8.92. The highest BCUT2D eigenvalue weighted by Gasteiger charge is 2.15. The average Bonchev–Trinajstić information content (AvgIpc) is 3.06. The highest BCUT2D eigenvalue weighted by molar-refractivity contribution is 6.34. The molecule has 1 heterocycles. The van der Waals surface area contributed by atoms with E-state index < -0.39 is 6.10 Å². The normalized spacial score (nSPS) is 12.8. The summed E-state index contributed by atoms with van der Waals surface area (Å²) >= 11 is 12.0. The van der Waals surface area contributed by atoms with Crippen molar-refractivity contribution in [3.8, 4) is 5.75 Å². The van der Waals surface area contributed by atoms with Crippen molar-refractivity contribution >= 4 is 59.0 Å². The second-order valence-corrected chi connectivity index (χ2v) is 7.63. The fraction of sp³-hybridized carbons (Fsp3) is 0.350. The Hall–Kier alpha value is -1.21. The zero-order valence-corrected chi connectivity index (χ0v) is 19.0. The first-order chi connectivity index (χ1) is 13.0. The number of rotatable bonds is 8. The van der Waals surface area contributed by atoms with E-state index in [0.717, 1.165) is 30.5 Å². The number of hydrogen-bond acceptors (Lipinski definition) is 4. The minimum Gasteiger partial charge on any atom is -0.506 e. The molecular formula is C20H25Cl4N3O2. The molecule has 2 atom stereocenters. The van der Waals surface area contributed by atoms with Gasteiger partial charge in [0.1, 0.15) is 5.75 Å². The summed E-state index contributed by atoms with van der Waals surface area (Å²) in [5.41, 5.74) is 2.66. The predicted octanol–water partition coefficient (Wildman–Crippen LogP) is 5.24. The van der Waals surface area contributed by atoms with Gasteiger partial charge >= 0.3 is 0 Å². The Morgan fingerprint density at radius 1 is 1.10 bits per heavy atom. The number of phenols is 1. The van der Waals surface area contributed by atoms with Crippen LogP contribution in [0.25, 0.3) is 11.0 Å². The van der Waals surface area contributed by atoms with E-state index in [2.05, 4.69) is 27.9 Å². The number of aryl methyl sites for hydroxylation is 1. The number of aliphatic hydroxyl groups is 1. The van der Waals surface area contributed by atoms with Gasteiger partial charge in [0.2, 0.25) is 0 Å². The SMILES string of the molecule is CC(CCn1cnc2ccccc21)CNCC(O)c1cc(Cl)c(O)cc1Cl.Cl.Cl. The maximum atomic E-state index is 10.3. The zero-order valence-electron chi connectivity index (χ0n) is 15.9. The Labute approximate surface area is 192 Å². The number of halogens is 4. The number of para-hydroxylation sites is 2. The molecule has 160 valence electrons. The van der Waals surface area contributed by atoms with Crippen molar-refractivity contribution in [3.63, 3.8) is 0 Å². The first kappa shape index (κ1) is 25.8. The van der Waals surface area contributed by atoms with Gasteiger partial charge in [0, 0.05) is 24.7 Å². The molecule has 29 heavy (non-hydrogen) atoms. The van der Waals surface area contributed by atoms with E-state index in [0.29, 0.717) is 23.0 Å². The number of phenolic OH excluding ortho intramolecular Hbond substituents is 1. The number of aromatic hydroxyl groups is 1. The molecule has 0 aliphatic carbocycles. The molecule has 0 spiro atoms. The standard InChI is InChI=1S/C20H23Cl2N3O2.2ClH/c1-13(6-7-25-12-24-17-4-2-3-5-18(17)25)10-23-11-20(27)14-8-16(22)19(26)9-15(14)21;;/h2-5,8-9,12-13,20,23,26-27H,6-7,10-11H2,1H3;2*1H. The number of hydrogen-bond donors (Lipinski definition) is 3. The molecule has 3 rings (SSSR count). The van der Waals surface area contributed by atoms with Gasteiger partial charge in [-0.1, -0.05) is 42.3 Å². The third-order valence-corrected chi connectivity index (χ3v) is 5.28. The average molecular weight is 481 g/mol. The van der Waals surface area contributed by atoms with Crippen molar-refractivity contribution in [3.05, 3.63) is 58.3 Å². The second-order valence-electron chi connectivity index (χ2n) is 6.82. The van der Waals surface area contributed by atoms with Crippen LogP contribution in [-0.4, -0.2) is 32.9 Å². The van der Waals surface area contributed by atoms with Crippen molar-refractivity contribution in [1.29, 1.82) is 0 Å². The zero-order chi connectivity index (χ0) is 19.4. The fourth-order valence-corrected chi connectivity index (χ4v) is 3.49. The van der Waals surface area contributed by atoms with Crippen LogP contribution < -0.4 is 5.32 Å². The van der Waals surface area contributed by atoms with E-state index >= 15 is 0 Å². The Morgan fingerprint density at radius 3 is 2.59 bits per heavy atom. The lowest BCUT2D eigenvalue weighted by molar-refractivity contribution is 0.172. The van der Waals surface area contributed by atoms with Crippen LogP contribution >= 0.6 is 48.0 Å². The number of aliphatic hydroxyl groups excluding tert-OH is 1. The number of imidazole rings is 1.